The van der Waals surface area contributed by atoms with Crippen molar-refractivity contribution in [2.45, 2.75) is 40.5 Å². The van der Waals surface area contributed by atoms with E-state index in [1.165, 1.54) is 0 Å². The van der Waals surface area contributed by atoms with Gasteiger partial charge in [0.25, 0.3) is 0 Å². The van der Waals surface area contributed by atoms with E-state index in [0.717, 1.165) is 19.4 Å². The number of nitrogens with one attached hydrogen (secondary N) is 1. The van der Waals surface area contributed by atoms with Gasteiger partial charge in [-0.3, -0.25) is 4.79 Å². The Balaban J connectivity index is 4.08. The molecule has 0 radical (unpaired) electrons. The third-order valence-electron chi connectivity index (χ3n) is 2.32. The fourth-order valence-electron chi connectivity index (χ4n) is 1.51. The quantitative estimate of drug-likeness (QED) is 0.685. The topological polar surface area (TPSA) is 49.3 Å². The van der Waals surface area contributed by atoms with Crippen molar-refractivity contribution < 1.29 is 9.90 Å². The maximum absolute atomic E-state index is 11.7. The summed E-state index contributed by atoms with van der Waals surface area (Å²) < 4.78 is 0. The molecule has 0 heterocycles. The third-order valence-corrected chi connectivity index (χ3v) is 2.32. The standard InChI is InChI=1S/C11H23NO2/c1-5-6-12-10(14)11(3,4)7-9(2)8-13/h9,13H,5-8H2,1-4H3,(H,12,14). The van der Waals surface area contributed by atoms with E-state index in [2.05, 4.69) is 5.32 Å². The lowest BCUT2D eigenvalue weighted by Gasteiger charge is -2.26. The molecule has 84 valence electrons. The van der Waals surface area contributed by atoms with E-state index in [-0.39, 0.29) is 23.8 Å². The van der Waals surface area contributed by atoms with Gasteiger partial charge in [-0.1, -0.05) is 27.7 Å². The molecule has 0 aliphatic heterocycles. The fraction of sp³-hybridized carbons (Fsp3) is 0.909. The Bertz CT molecular complexity index is 178. The van der Waals surface area contributed by atoms with E-state index < -0.39 is 0 Å². The molecule has 0 aromatic carbocycles. The van der Waals surface area contributed by atoms with Crippen LogP contribution < -0.4 is 5.32 Å². The van der Waals surface area contributed by atoms with E-state index in [4.69, 9.17) is 5.11 Å². The van der Waals surface area contributed by atoms with Crippen LogP contribution in [-0.4, -0.2) is 24.2 Å². The number of carbonyl (C=O) groups excluding carboxylic acids is 1. The Kier molecular flexibility index (Phi) is 5.77. The van der Waals surface area contributed by atoms with Gasteiger partial charge < -0.3 is 10.4 Å². The van der Waals surface area contributed by atoms with Crippen LogP contribution in [0.25, 0.3) is 0 Å². The van der Waals surface area contributed by atoms with Gasteiger partial charge in [-0.2, -0.15) is 0 Å². The van der Waals surface area contributed by atoms with E-state index in [9.17, 15) is 4.79 Å². The Labute approximate surface area is 86.9 Å². The molecule has 2 N–H and O–H groups in total. The molecule has 0 rings (SSSR count). The van der Waals surface area contributed by atoms with Gasteiger partial charge in [0.05, 0.1) is 0 Å². The summed E-state index contributed by atoms with van der Waals surface area (Å²) in [5.41, 5.74) is -0.378. The van der Waals surface area contributed by atoms with E-state index in [1.54, 1.807) is 0 Å². The van der Waals surface area contributed by atoms with Crippen LogP contribution in [-0.2, 0) is 4.79 Å². The normalized spacial score (nSPS) is 13.8. The average molecular weight is 201 g/mol. The van der Waals surface area contributed by atoms with Crippen molar-refractivity contribution in [1.82, 2.24) is 5.32 Å². The van der Waals surface area contributed by atoms with Gasteiger partial charge in [0.2, 0.25) is 5.91 Å². The summed E-state index contributed by atoms with van der Waals surface area (Å²) in [4.78, 5) is 11.7. The zero-order valence-electron chi connectivity index (χ0n) is 9.76. The molecule has 14 heavy (non-hydrogen) atoms. The summed E-state index contributed by atoms with van der Waals surface area (Å²) in [7, 11) is 0. The Morgan fingerprint density at radius 1 is 1.50 bits per heavy atom. The van der Waals surface area contributed by atoms with Crippen LogP contribution in [0.4, 0.5) is 0 Å². The minimum atomic E-state index is -0.378. The molecule has 0 saturated carbocycles. The summed E-state index contributed by atoms with van der Waals surface area (Å²) in [5.74, 6) is 0.261. The number of aliphatic hydroxyl groups excluding tert-OH is 1. The van der Waals surface area contributed by atoms with Crippen LogP contribution in [0.5, 0.6) is 0 Å². The first-order valence-corrected chi connectivity index (χ1v) is 5.33. The van der Waals surface area contributed by atoms with Gasteiger partial charge in [-0.05, 0) is 18.8 Å². The summed E-state index contributed by atoms with van der Waals surface area (Å²) in [6.45, 7) is 8.70. The van der Waals surface area contributed by atoms with Crippen LogP contribution in [0.15, 0.2) is 0 Å². The summed E-state index contributed by atoms with van der Waals surface area (Å²) >= 11 is 0. The lowest BCUT2D eigenvalue weighted by Crippen LogP contribution is -2.38. The number of aliphatic hydroxyl groups is 1. The third kappa shape index (κ3) is 4.61. The monoisotopic (exact) mass is 201 g/mol. The van der Waals surface area contributed by atoms with Crippen molar-refractivity contribution in [3.05, 3.63) is 0 Å². The molecule has 0 aromatic rings. The Hall–Kier alpha value is -0.570. The molecule has 0 bridgehead atoms. The predicted octanol–water partition coefficient (Wildman–Crippen LogP) is 1.56. The molecule has 0 fully saturated rings. The molecule has 3 nitrogen and oxygen atoms in total. The van der Waals surface area contributed by atoms with Crippen molar-refractivity contribution in [3.63, 3.8) is 0 Å². The molecule has 0 aliphatic carbocycles. The molecule has 1 amide bonds. The van der Waals surface area contributed by atoms with Gasteiger partial charge in [0, 0.05) is 18.6 Å². The SMILES string of the molecule is CCCNC(=O)C(C)(C)CC(C)CO. The number of amides is 1. The molecule has 1 atom stereocenters. The molecule has 1 unspecified atom stereocenters. The predicted molar refractivity (Wildman–Crippen MR) is 57.9 cm³/mol. The number of carbonyl (C=O) groups is 1. The second-order valence-corrected chi connectivity index (χ2v) is 4.63. The molecule has 0 aliphatic rings. The van der Waals surface area contributed by atoms with E-state index in [1.807, 2.05) is 27.7 Å². The van der Waals surface area contributed by atoms with Crippen molar-refractivity contribution in [2.24, 2.45) is 11.3 Å². The number of hydrogen-bond acceptors (Lipinski definition) is 2. The first kappa shape index (κ1) is 13.4. The first-order valence-electron chi connectivity index (χ1n) is 5.33. The Morgan fingerprint density at radius 2 is 2.07 bits per heavy atom. The molecule has 0 spiro atoms. The van der Waals surface area contributed by atoms with Crippen molar-refractivity contribution in [2.75, 3.05) is 13.2 Å². The molecular formula is C11H23NO2. The fourth-order valence-corrected chi connectivity index (χ4v) is 1.51. The van der Waals surface area contributed by atoms with E-state index in [0.29, 0.717) is 0 Å². The number of hydrogen-bond donors (Lipinski definition) is 2. The smallest absolute Gasteiger partial charge is 0.225 e. The Morgan fingerprint density at radius 3 is 2.50 bits per heavy atom. The highest BCUT2D eigenvalue weighted by Crippen LogP contribution is 2.25. The van der Waals surface area contributed by atoms with Gasteiger partial charge >= 0.3 is 0 Å². The number of rotatable bonds is 6. The average Bonchev–Trinajstić information content (AvgIpc) is 2.13. The van der Waals surface area contributed by atoms with Gasteiger partial charge in [-0.15, -0.1) is 0 Å². The molecule has 0 saturated heterocycles. The van der Waals surface area contributed by atoms with Crippen LogP contribution >= 0.6 is 0 Å². The summed E-state index contributed by atoms with van der Waals surface area (Å²) in [6, 6.07) is 0. The molecular weight excluding hydrogens is 178 g/mol. The summed E-state index contributed by atoms with van der Waals surface area (Å²) in [6.07, 6.45) is 1.68. The van der Waals surface area contributed by atoms with Gasteiger partial charge in [0.1, 0.15) is 0 Å². The maximum atomic E-state index is 11.7. The maximum Gasteiger partial charge on any atom is 0.225 e. The zero-order valence-corrected chi connectivity index (χ0v) is 9.76. The van der Waals surface area contributed by atoms with Crippen LogP contribution in [0, 0.1) is 11.3 Å². The van der Waals surface area contributed by atoms with Crippen molar-refractivity contribution in [1.29, 1.82) is 0 Å². The van der Waals surface area contributed by atoms with Gasteiger partial charge in [0.15, 0.2) is 0 Å². The van der Waals surface area contributed by atoms with Crippen molar-refractivity contribution in [3.8, 4) is 0 Å². The largest absolute Gasteiger partial charge is 0.396 e. The van der Waals surface area contributed by atoms with E-state index >= 15 is 0 Å². The second-order valence-electron chi connectivity index (χ2n) is 4.63. The minimum Gasteiger partial charge on any atom is -0.396 e. The van der Waals surface area contributed by atoms with Gasteiger partial charge in [-0.25, -0.2) is 0 Å². The summed E-state index contributed by atoms with van der Waals surface area (Å²) in [5, 5.41) is 11.8. The lowest BCUT2D eigenvalue weighted by molar-refractivity contribution is -0.130. The highest BCUT2D eigenvalue weighted by molar-refractivity contribution is 5.81. The second kappa shape index (κ2) is 6.02. The molecule has 3 heteroatoms. The molecule has 0 aromatic heterocycles. The lowest BCUT2D eigenvalue weighted by atomic mass is 9.83. The van der Waals surface area contributed by atoms with Crippen LogP contribution in [0.2, 0.25) is 0 Å². The highest BCUT2D eigenvalue weighted by Gasteiger charge is 2.28. The zero-order chi connectivity index (χ0) is 11.2. The first-order chi connectivity index (χ1) is 6.44. The minimum absolute atomic E-state index is 0.0830. The van der Waals surface area contributed by atoms with Crippen LogP contribution in [0.1, 0.15) is 40.5 Å². The highest BCUT2D eigenvalue weighted by atomic mass is 16.3. The van der Waals surface area contributed by atoms with Crippen molar-refractivity contribution >= 4 is 5.91 Å². The van der Waals surface area contributed by atoms with Crippen LogP contribution in [0.3, 0.4) is 0 Å².